The van der Waals surface area contributed by atoms with E-state index in [0.29, 0.717) is 0 Å². The maximum absolute atomic E-state index is 11.4. The quantitative estimate of drug-likeness (QED) is 0.691. The van der Waals surface area contributed by atoms with Crippen LogP contribution in [-0.4, -0.2) is 44.5 Å². The smallest absolute Gasteiger partial charge is 0.234 e. The number of carbonyl (C=O) groups is 1. The third kappa shape index (κ3) is 5.46. The van der Waals surface area contributed by atoms with Gasteiger partial charge in [-0.15, -0.1) is 0 Å². The average molecular weight is 250 g/mol. The Morgan fingerprint density at radius 2 is 1.81 bits per heavy atom. The molecule has 0 saturated carbocycles. The minimum atomic E-state index is -3.16. The van der Waals surface area contributed by atoms with Crippen LogP contribution in [0, 0.1) is 0 Å². The highest BCUT2D eigenvalue weighted by atomic mass is 32.2. The molecule has 6 heteroatoms. The first-order chi connectivity index (χ1) is 7.06. The van der Waals surface area contributed by atoms with Crippen molar-refractivity contribution in [1.82, 2.24) is 10.6 Å². The van der Waals surface area contributed by atoms with Crippen LogP contribution in [0.3, 0.4) is 0 Å². The Hall–Kier alpha value is -0.620. The van der Waals surface area contributed by atoms with Gasteiger partial charge < -0.3 is 10.6 Å². The number of sulfone groups is 1. The summed E-state index contributed by atoms with van der Waals surface area (Å²) in [5.74, 6) is -0.189. The summed E-state index contributed by atoms with van der Waals surface area (Å²) in [6.45, 7) is 7.40. The van der Waals surface area contributed by atoms with Crippen molar-refractivity contribution in [2.75, 3.05) is 19.3 Å². The van der Waals surface area contributed by atoms with E-state index in [1.165, 1.54) is 6.26 Å². The highest BCUT2D eigenvalue weighted by Gasteiger charge is 2.30. The van der Waals surface area contributed by atoms with Crippen molar-refractivity contribution < 1.29 is 13.2 Å². The lowest BCUT2D eigenvalue weighted by Crippen LogP contribution is -2.46. The van der Waals surface area contributed by atoms with E-state index in [4.69, 9.17) is 0 Å². The van der Waals surface area contributed by atoms with Gasteiger partial charge in [0.1, 0.15) is 0 Å². The number of hydrogen-bond acceptors (Lipinski definition) is 4. The van der Waals surface area contributed by atoms with Gasteiger partial charge in [-0.25, -0.2) is 8.42 Å². The molecule has 0 aromatic rings. The van der Waals surface area contributed by atoms with Crippen LogP contribution in [0.15, 0.2) is 0 Å². The Kier molecular flexibility index (Phi) is 5.41. The van der Waals surface area contributed by atoms with Gasteiger partial charge in [-0.3, -0.25) is 4.79 Å². The molecule has 5 nitrogen and oxygen atoms in total. The van der Waals surface area contributed by atoms with Crippen molar-refractivity contribution >= 4 is 15.7 Å². The highest BCUT2D eigenvalue weighted by molar-refractivity contribution is 7.92. The van der Waals surface area contributed by atoms with Crippen molar-refractivity contribution in [3.63, 3.8) is 0 Å². The minimum Gasteiger partial charge on any atom is -0.353 e. The Balaban J connectivity index is 4.11. The van der Waals surface area contributed by atoms with Crippen molar-refractivity contribution in [1.29, 1.82) is 0 Å². The van der Waals surface area contributed by atoms with Crippen LogP contribution in [0.2, 0.25) is 0 Å². The van der Waals surface area contributed by atoms with Gasteiger partial charge in [0.15, 0.2) is 9.84 Å². The largest absolute Gasteiger partial charge is 0.353 e. The van der Waals surface area contributed by atoms with Gasteiger partial charge in [-0.05, 0) is 13.8 Å². The van der Waals surface area contributed by atoms with Crippen molar-refractivity contribution in [3.05, 3.63) is 0 Å². The Morgan fingerprint density at radius 3 is 2.19 bits per heavy atom. The van der Waals surface area contributed by atoms with Crippen LogP contribution in [0.1, 0.15) is 27.7 Å². The van der Waals surface area contributed by atoms with Crippen molar-refractivity contribution in [2.45, 2.75) is 38.5 Å². The summed E-state index contributed by atoms with van der Waals surface area (Å²) in [7, 11) is -3.16. The maximum atomic E-state index is 11.4. The molecule has 0 radical (unpaired) electrons. The van der Waals surface area contributed by atoms with Crippen LogP contribution < -0.4 is 10.6 Å². The zero-order valence-corrected chi connectivity index (χ0v) is 11.4. The van der Waals surface area contributed by atoms with Gasteiger partial charge in [0.05, 0.1) is 11.3 Å². The molecule has 0 aliphatic carbocycles. The first-order valence-corrected chi connectivity index (χ1v) is 7.15. The van der Waals surface area contributed by atoms with Crippen LogP contribution in [0.4, 0.5) is 0 Å². The molecule has 0 aliphatic heterocycles. The summed E-state index contributed by atoms with van der Waals surface area (Å²) in [5.41, 5.74) is 0. The summed E-state index contributed by atoms with van der Waals surface area (Å²) >= 11 is 0. The fourth-order valence-electron chi connectivity index (χ4n) is 0.802. The molecule has 1 amide bonds. The minimum absolute atomic E-state index is 0.129. The summed E-state index contributed by atoms with van der Waals surface area (Å²) in [5, 5.41) is 5.56. The van der Waals surface area contributed by atoms with Gasteiger partial charge in [-0.2, -0.15) is 0 Å². The number of nitrogens with one attached hydrogen (secondary N) is 2. The molecule has 2 N–H and O–H groups in total. The molecule has 0 saturated heterocycles. The predicted molar refractivity (Wildman–Crippen MR) is 65.1 cm³/mol. The Morgan fingerprint density at radius 1 is 1.31 bits per heavy atom. The lowest BCUT2D eigenvalue weighted by Gasteiger charge is -2.22. The molecule has 0 aromatic carbocycles. The number of amides is 1. The monoisotopic (exact) mass is 250 g/mol. The van der Waals surface area contributed by atoms with E-state index < -0.39 is 14.6 Å². The summed E-state index contributed by atoms with van der Waals surface area (Å²) in [4.78, 5) is 11.4. The zero-order valence-electron chi connectivity index (χ0n) is 10.6. The number of hydrogen-bond donors (Lipinski definition) is 2. The van der Waals surface area contributed by atoms with Gasteiger partial charge in [0.25, 0.3) is 0 Å². The summed E-state index contributed by atoms with van der Waals surface area (Å²) in [6.07, 6.45) is 1.17. The molecule has 96 valence electrons. The lowest BCUT2D eigenvalue weighted by molar-refractivity contribution is -0.120. The molecule has 16 heavy (non-hydrogen) atoms. The topological polar surface area (TPSA) is 75.3 Å². The molecule has 0 unspecified atom stereocenters. The van der Waals surface area contributed by atoms with Crippen LogP contribution in [-0.2, 0) is 14.6 Å². The first kappa shape index (κ1) is 15.4. The standard InChI is InChI=1S/C10H22N2O3S/c1-8(2)11-6-9(13)12-7-10(3,4)16(5,14)15/h8,11H,6-7H2,1-5H3,(H,12,13). The number of rotatable bonds is 6. The molecule has 0 atom stereocenters. The van der Waals surface area contributed by atoms with Gasteiger partial charge in [0.2, 0.25) is 5.91 Å². The maximum Gasteiger partial charge on any atom is 0.234 e. The predicted octanol–water partition coefficient (Wildman–Crippen LogP) is -0.0762. The van der Waals surface area contributed by atoms with E-state index in [0.717, 1.165) is 0 Å². The normalized spacial score (nSPS) is 12.9. The van der Waals surface area contributed by atoms with Gasteiger partial charge >= 0.3 is 0 Å². The lowest BCUT2D eigenvalue weighted by atomic mass is 10.2. The molecule has 0 rings (SSSR count). The third-order valence-corrected chi connectivity index (χ3v) is 4.54. The van der Waals surface area contributed by atoms with Crippen LogP contribution in [0.5, 0.6) is 0 Å². The van der Waals surface area contributed by atoms with Crippen LogP contribution in [0.25, 0.3) is 0 Å². The number of carbonyl (C=O) groups excluding carboxylic acids is 1. The second-order valence-electron chi connectivity index (χ2n) is 4.84. The molecule has 0 spiro atoms. The van der Waals surface area contributed by atoms with E-state index in [2.05, 4.69) is 10.6 Å². The van der Waals surface area contributed by atoms with Gasteiger partial charge in [0, 0.05) is 18.8 Å². The van der Waals surface area contributed by atoms with Gasteiger partial charge in [-0.1, -0.05) is 13.8 Å². The average Bonchev–Trinajstić information content (AvgIpc) is 2.09. The first-order valence-electron chi connectivity index (χ1n) is 5.26. The molecular weight excluding hydrogens is 228 g/mol. The molecule has 0 fully saturated rings. The van der Waals surface area contributed by atoms with Crippen LogP contribution >= 0.6 is 0 Å². The second kappa shape index (κ2) is 5.63. The van der Waals surface area contributed by atoms with E-state index >= 15 is 0 Å². The zero-order chi connectivity index (χ0) is 13.0. The fourth-order valence-corrected chi connectivity index (χ4v) is 1.14. The summed E-state index contributed by atoms with van der Waals surface area (Å²) < 4.78 is 21.8. The second-order valence-corrected chi connectivity index (χ2v) is 7.49. The molecule has 0 aromatic heterocycles. The van der Waals surface area contributed by atoms with E-state index in [1.807, 2.05) is 13.8 Å². The Bertz CT molecular complexity index is 334. The van der Waals surface area contributed by atoms with Crippen molar-refractivity contribution in [3.8, 4) is 0 Å². The van der Waals surface area contributed by atoms with E-state index in [9.17, 15) is 13.2 Å². The Labute approximate surface area is 97.9 Å². The third-order valence-electron chi connectivity index (χ3n) is 2.39. The molecular formula is C10H22N2O3S. The highest BCUT2D eigenvalue weighted by Crippen LogP contribution is 2.12. The SMILES string of the molecule is CC(C)NCC(=O)NCC(C)(C)S(C)(=O)=O. The fraction of sp³-hybridized carbons (Fsp3) is 0.900. The molecule has 0 aliphatic rings. The van der Waals surface area contributed by atoms with Crippen molar-refractivity contribution in [2.24, 2.45) is 0 Å². The summed E-state index contributed by atoms with van der Waals surface area (Å²) in [6, 6.07) is 0.230. The molecule has 0 heterocycles. The van der Waals surface area contributed by atoms with E-state index in [-0.39, 0.29) is 25.0 Å². The molecule has 0 bridgehead atoms. The van der Waals surface area contributed by atoms with E-state index in [1.54, 1.807) is 13.8 Å².